The van der Waals surface area contributed by atoms with Gasteiger partial charge in [0.2, 0.25) is 11.7 Å². The summed E-state index contributed by atoms with van der Waals surface area (Å²) in [6, 6.07) is 7.95. The SMILES string of the molecule is CC=C(C)CN1CC(NC(=O)C(=O)c2ccccc2)CC1C(=O)NCC. The van der Waals surface area contributed by atoms with Crippen LogP contribution >= 0.6 is 0 Å². The van der Waals surface area contributed by atoms with Crippen molar-refractivity contribution in [3.63, 3.8) is 0 Å². The standard InChI is InChI=1S/C20H27N3O3/c1-4-14(3)12-23-13-16(11-17(23)19(25)21-5-2)22-20(26)18(24)15-9-7-6-8-10-15/h4,6-10,16-17H,5,11-13H2,1-3H3,(H,21,25)(H,22,26). The number of rotatable bonds is 7. The number of ketones is 1. The maximum Gasteiger partial charge on any atom is 0.292 e. The Morgan fingerprint density at radius 3 is 2.54 bits per heavy atom. The van der Waals surface area contributed by atoms with Gasteiger partial charge in [-0.3, -0.25) is 19.3 Å². The molecule has 0 radical (unpaired) electrons. The minimum atomic E-state index is -0.625. The van der Waals surface area contributed by atoms with Gasteiger partial charge in [0, 0.05) is 31.2 Å². The zero-order valence-electron chi connectivity index (χ0n) is 15.6. The number of likely N-dealkylation sites (tertiary alicyclic amines) is 1. The first-order valence-electron chi connectivity index (χ1n) is 9.00. The van der Waals surface area contributed by atoms with Crippen LogP contribution in [-0.4, -0.2) is 54.2 Å². The molecule has 2 atom stereocenters. The monoisotopic (exact) mass is 357 g/mol. The number of nitrogens with one attached hydrogen (secondary N) is 2. The van der Waals surface area contributed by atoms with E-state index in [4.69, 9.17) is 0 Å². The number of allylic oxidation sites excluding steroid dienone is 1. The Kier molecular flexibility index (Phi) is 7.09. The fraction of sp³-hybridized carbons (Fsp3) is 0.450. The van der Waals surface area contributed by atoms with Crippen LogP contribution in [0.4, 0.5) is 0 Å². The van der Waals surface area contributed by atoms with Gasteiger partial charge in [0.15, 0.2) is 0 Å². The number of likely N-dealkylation sites (N-methyl/N-ethyl adjacent to an activating group) is 1. The molecule has 2 N–H and O–H groups in total. The second kappa shape index (κ2) is 9.29. The number of hydrogen-bond acceptors (Lipinski definition) is 4. The van der Waals surface area contributed by atoms with Crippen molar-refractivity contribution >= 4 is 17.6 Å². The Labute approximate surface area is 154 Å². The summed E-state index contributed by atoms with van der Waals surface area (Å²) in [5.74, 6) is -1.22. The summed E-state index contributed by atoms with van der Waals surface area (Å²) in [6.07, 6.45) is 2.51. The Morgan fingerprint density at radius 1 is 1.23 bits per heavy atom. The van der Waals surface area contributed by atoms with Crippen molar-refractivity contribution < 1.29 is 14.4 Å². The highest BCUT2D eigenvalue weighted by molar-refractivity contribution is 6.42. The van der Waals surface area contributed by atoms with Crippen LogP contribution in [0.5, 0.6) is 0 Å². The largest absolute Gasteiger partial charge is 0.355 e. The van der Waals surface area contributed by atoms with Crippen LogP contribution in [0.3, 0.4) is 0 Å². The highest BCUT2D eigenvalue weighted by Crippen LogP contribution is 2.20. The lowest BCUT2D eigenvalue weighted by atomic mass is 10.1. The van der Waals surface area contributed by atoms with E-state index in [0.29, 0.717) is 31.6 Å². The van der Waals surface area contributed by atoms with Crippen LogP contribution in [0.15, 0.2) is 42.0 Å². The van der Waals surface area contributed by atoms with Gasteiger partial charge in [-0.15, -0.1) is 0 Å². The van der Waals surface area contributed by atoms with E-state index in [1.54, 1.807) is 30.3 Å². The molecule has 26 heavy (non-hydrogen) atoms. The van der Waals surface area contributed by atoms with Gasteiger partial charge in [-0.25, -0.2) is 0 Å². The Balaban J connectivity index is 2.04. The molecule has 1 aliphatic rings. The fourth-order valence-electron chi connectivity index (χ4n) is 3.13. The van der Waals surface area contributed by atoms with Gasteiger partial charge in [0.1, 0.15) is 0 Å². The lowest BCUT2D eigenvalue weighted by Gasteiger charge is -2.23. The first-order chi connectivity index (χ1) is 12.5. The van der Waals surface area contributed by atoms with Gasteiger partial charge < -0.3 is 10.6 Å². The van der Waals surface area contributed by atoms with E-state index in [0.717, 1.165) is 5.57 Å². The number of carbonyl (C=O) groups excluding carboxylic acids is 3. The van der Waals surface area contributed by atoms with Crippen LogP contribution < -0.4 is 10.6 Å². The summed E-state index contributed by atoms with van der Waals surface area (Å²) in [7, 11) is 0. The topological polar surface area (TPSA) is 78.5 Å². The summed E-state index contributed by atoms with van der Waals surface area (Å²) in [5.41, 5.74) is 1.52. The van der Waals surface area contributed by atoms with Crippen molar-refractivity contribution in [3.8, 4) is 0 Å². The fourth-order valence-corrected chi connectivity index (χ4v) is 3.13. The van der Waals surface area contributed by atoms with E-state index < -0.39 is 11.7 Å². The molecular formula is C20H27N3O3. The molecule has 140 valence electrons. The third kappa shape index (κ3) is 5.02. The summed E-state index contributed by atoms with van der Waals surface area (Å²) in [5, 5.41) is 5.65. The van der Waals surface area contributed by atoms with Crippen molar-refractivity contribution in [2.24, 2.45) is 0 Å². The van der Waals surface area contributed by atoms with E-state index >= 15 is 0 Å². The average molecular weight is 357 g/mol. The summed E-state index contributed by atoms with van der Waals surface area (Å²) < 4.78 is 0. The molecule has 1 saturated heterocycles. The van der Waals surface area contributed by atoms with Crippen molar-refractivity contribution in [1.82, 2.24) is 15.5 Å². The molecule has 0 aliphatic carbocycles. The first-order valence-corrected chi connectivity index (χ1v) is 9.00. The smallest absolute Gasteiger partial charge is 0.292 e. The van der Waals surface area contributed by atoms with Gasteiger partial charge >= 0.3 is 0 Å². The number of amides is 2. The molecule has 0 bridgehead atoms. The number of carbonyl (C=O) groups is 3. The van der Waals surface area contributed by atoms with Crippen LogP contribution in [0.2, 0.25) is 0 Å². The average Bonchev–Trinajstić information content (AvgIpc) is 3.04. The zero-order valence-corrected chi connectivity index (χ0v) is 15.6. The van der Waals surface area contributed by atoms with Crippen LogP contribution in [0, 0.1) is 0 Å². The maximum absolute atomic E-state index is 12.4. The predicted octanol–water partition coefficient (Wildman–Crippen LogP) is 1.53. The predicted molar refractivity (Wildman–Crippen MR) is 101 cm³/mol. The van der Waals surface area contributed by atoms with E-state index in [2.05, 4.69) is 15.5 Å². The first kappa shape index (κ1) is 19.8. The number of nitrogens with zero attached hydrogens (tertiary/aromatic N) is 1. The summed E-state index contributed by atoms with van der Waals surface area (Å²) in [4.78, 5) is 39.0. The molecule has 1 aromatic rings. The second-order valence-electron chi connectivity index (χ2n) is 6.58. The highest BCUT2D eigenvalue weighted by Gasteiger charge is 2.37. The van der Waals surface area contributed by atoms with E-state index in [-0.39, 0.29) is 18.0 Å². The summed E-state index contributed by atoms with van der Waals surface area (Å²) >= 11 is 0. The molecule has 6 heteroatoms. The van der Waals surface area contributed by atoms with Crippen molar-refractivity contribution in [3.05, 3.63) is 47.5 Å². The molecule has 0 saturated carbocycles. The Hall–Kier alpha value is -2.47. The highest BCUT2D eigenvalue weighted by atomic mass is 16.2. The normalized spacial score (nSPS) is 20.7. The number of Topliss-reactive ketones (excluding diaryl/α,β-unsaturated/α-hetero) is 1. The van der Waals surface area contributed by atoms with Gasteiger partial charge in [0.05, 0.1) is 6.04 Å². The molecule has 1 heterocycles. The Morgan fingerprint density at radius 2 is 1.92 bits per heavy atom. The third-order valence-electron chi connectivity index (χ3n) is 4.58. The molecule has 2 unspecified atom stereocenters. The molecule has 1 aromatic carbocycles. The van der Waals surface area contributed by atoms with Crippen LogP contribution in [0.1, 0.15) is 37.6 Å². The summed E-state index contributed by atoms with van der Waals surface area (Å²) in [6.45, 7) is 7.63. The van der Waals surface area contributed by atoms with Crippen molar-refractivity contribution in [1.29, 1.82) is 0 Å². The zero-order chi connectivity index (χ0) is 19.1. The molecule has 2 amide bonds. The number of hydrogen-bond donors (Lipinski definition) is 2. The number of benzene rings is 1. The van der Waals surface area contributed by atoms with Crippen molar-refractivity contribution in [2.75, 3.05) is 19.6 Å². The van der Waals surface area contributed by atoms with Gasteiger partial charge in [-0.1, -0.05) is 42.0 Å². The minimum Gasteiger partial charge on any atom is -0.355 e. The maximum atomic E-state index is 12.4. The lowest BCUT2D eigenvalue weighted by molar-refractivity contribution is -0.125. The minimum absolute atomic E-state index is 0.0393. The lowest BCUT2D eigenvalue weighted by Crippen LogP contribution is -2.43. The third-order valence-corrected chi connectivity index (χ3v) is 4.58. The van der Waals surface area contributed by atoms with Crippen LogP contribution in [-0.2, 0) is 9.59 Å². The quantitative estimate of drug-likeness (QED) is 0.441. The van der Waals surface area contributed by atoms with Gasteiger partial charge in [-0.2, -0.15) is 0 Å². The molecule has 0 spiro atoms. The molecule has 2 rings (SSSR count). The van der Waals surface area contributed by atoms with E-state index in [9.17, 15) is 14.4 Å². The molecule has 1 aliphatic heterocycles. The van der Waals surface area contributed by atoms with E-state index in [1.165, 1.54) is 0 Å². The van der Waals surface area contributed by atoms with E-state index in [1.807, 2.05) is 26.8 Å². The molecule has 1 fully saturated rings. The molecule has 6 nitrogen and oxygen atoms in total. The van der Waals surface area contributed by atoms with Crippen molar-refractivity contribution in [2.45, 2.75) is 39.3 Å². The van der Waals surface area contributed by atoms with Gasteiger partial charge in [-0.05, 0) is 27.2 Å². The Bertz CT molecular complexity index is 685. The second-order valence-corrected chi connectivity index (χ2v) is 6.58. The molecular weight excluding hydrogens is 330 g/mol. The van der Waals surface area contributed by atoms with Crippen LogP contribution in [0.25, 0.3) is 0 Å². The van der Waals surface area contributed by atoms with Gasteiger partial charge in [0.25, 0.3) is 5.91 Å². The molecule has 0 aromatic heterocycles.